The average molecular weight is 364 g/mol. The summed E-state index contributed by atoms with van der Waals surface area (Å²) in [6, 6.07) is 21.8. The summed E-state index contributed by atoms with van der Waals surface area (Å²) in [5.41, 5.74) is 4.13. The SMILES string of the molecule is Cc1ccc(C=Nc2ccccc2NS(=O)(=O)c2ccc(C)cc2)cc1. The van der Waals surface area contributed by atoms with Gasteiger partial charge in [-0.3, -0.25) is 9.71 Å². The Morgan fingerprint density at radius 2 is 1.38 bits per heavy atom. The van der Waals surface area contributed by atoms with E-state index in [1.54, 1.807) is 48.7 Å². The van der Waals surface area contributed by atoms with Crippen LogP contribution in [-0.4, -0.2) is 14.6 Å². The summed E-state index contributed by atoms with van der Waals surface area (Å²) in [5.74, 6) is 0. The van der Waals surface area contributed by atoms with Crippen LogP contribution >= 0.6 is 0 Å². The minimum atomic E-state index is -3.67. The van der Waals surface area contributed by atoms with E-state index in [1.165, 1.54) is 5.56 Å². The van der Waals surface area contributed by atoms with Crippen LogP contribution in [0.25, 0.3) is 0 Å². The molecule has 0 atom stereocenters. The first-order chi connectivity index (χ1) is 12.4. The first-order valence-electron chi connectivity index (χ1n) is 8.23. The summed E-state index contributed by atoms with van der Waals surface area (Å²) >= 11 is 0. The van der Waals surface area contributed by atoms with Crippen LogP contribution in [-0.2, 0) is 10.0 Å². The van der Waals surface area contributed by atoms with E-state index < -0.39 is 10.0 Å². The van der Waals surface area contributed by atoms with E-state index in [2.05, 4.69) is 9.71 Å². The molecule has 3 aromatic rings. The summed E-state index contributed by atoms with van der Waals surface area (Å²) in [6.07, 6.45) is 1.72. The van der Waals surface area contributed by atoms with Crippen LogP contribution in [0.2, 0.25) is 0 Å². The number of para-hydroxylation sites is 2. The Hall–Kier alpha value is -2.92. The van der Waals surface area contributed by atoms with Gasteiger partial charge in [0.1, 0.15) is 0 Å². The van der Waals surface area contributed by atoms with Crippen molar-refractivity contribution in [3.8, 4) is 0 Å². The van der Waals surface area contributed by atoms with Crippen LogP contribution < -0.4 is 4.72 Å². The fourth-order valence-electron chi connectivity index (χ4n) is 2.39. The maximum absolute atomic E-state index is 12.6. The van der Waals surface area contributed by atoms with Crippen molar-refractivity contribution in [2.24, 2.45) is 4.99 Å². The fraction of sp³-hybridized carbons (Fsp3) is 0.0952. The van der Waals surface area contributed by atoms with Gasteiger partial charge in [-0.05, 0) is 43.7 Å². The standard InChI is InChI=1S/C21H20N2O2S/c1-16-7-11-18(12-8-16)15-22-20-5-3-4-6-21(20)23-26(24,25)19-13-9-17(2)10-14-19/h3-15,23H,1-2H3. The number of sulfonamides is 1. The number of nitrogens with one attached hydrogen (secondary N) is 1. The second-order valence-corrected chi connectivity index (χ2v) is 7.79. The summed E-state index contributed by atoms with van der Waals surface area (Å²) in [4.78, 5) is 4.67. The molecule has 1 N–H and O–H groups in total. The molecule has 0 radical (unpaired) electrons. The molecule has 0 unspecified atom stereocenters. The Morgan fingerprint density at radius 3 is 2.04 bits per heavy atom. The zero-order valence-corrected chi connectivity index (χ0v) is 15.5. The lowest BCUT2D eigenvalue weighted by molar-refractivity contribution is 0.601. The van der Waals surface area contributed by atoms with Gasteiger partial charge in [0.05, 0.1) is 16.3 Å². The van der Waals surface area contributed by atoms with Gasteiger partial charge in [-0.25, -0.2) is 8.42 Å². The number of rotatable bonds is 5. The molecule has 26 heavy (non-hydrogen) atoms. The van der Waals surface area contributed by atoms with E-state index in [1.807, 2.05) is 44.2 Å². The van der Waals surface area contributed by atoms with Gasteiger partial charge < -0.3 is 0 Å². The van der Waals surface area contributed by atoms with Crippen LogP contribution in [0, 0.1) is 13.8 Å². The maximum Gasteiger partial charge on any atom is 0.261 e. The van der Waals surface area contributed by atoms with Crippen molar-refractivity contribution in [2.75, 3.05) is 4.72 Å². The topological polar surface area (TPSA) is 58.5 Å². The highest BCUT2D eigenvalue weighted by molar-refractivity contribution is 7.92. The summed E-state index contributed by atoms with van der Waals surface area (Å²) in [5, 5.41) is 0. The summed E-state index contributed by atoms with van der Waals surface area (Å²) in [7, 11) is -3.67. The third-order valence-electron chi connectivity index (χ3n) is 3.91. The van der Waals surface area contributed by atoms with Crippen LogP contribution in [0.5, 0.6) is 0 Å². The molecule has 0 saturated heterocycles. The van der Waals surface area contributed by atoms with Gasteiger partial charge in [-0.2, -0.15) is 0 Å². The van der Waals surface area contributed by atoms with E-state index in [0.717, 1.165) is 11.1 Å². The Morgan fingerprint density at radius 1 is 0.808 bits per heavy atom. The molecular formula is C21H20N2O2S. The quantitative estimate of drug-likeness (QED) is 0.658. The third-order valence-corrected chi connectivity index (χ3v) is 5.29. The van der Waals surface area contributed by atoms with Crippen molar-refractivity contribution in [1.29, 1.82) is 0 Å². The fourth-order valence-corrected chi connectivity index (χ4v) is 3.46. The molecule has 4 nitrogen and oxygen atoms in total. The highest BCUT2D eigenvalue weighted by Gasteiger charge is 2.15. The number of hydrogen-bond acceptors (Lipinski definition) is 3. The van der Waals surface area contributed by atoms with Crippen LogP contribution in [0.4, 0.5) is 11.4 Å². The number of hydrogen-bond donors (Lipinski definition) is 1. The molecule has 0 aliphatic carbocycles. The van der Waals surface area contributed by atoms with Gasteiger partial charge in [-0.15, -0.1) is 0 Å². The molecule has 0 spiro atoms. The minimum Gasteiger partial charge on any atom is -0.277 e. The van der Waals surface area contributed by atoms with E-state index in [9.17, 15) is 8.42 Å². The van der Waals surface area contributed by atoms with Gasteiger partial charge in [0.25, 0.3) is 10.0 Å². The number of aryl methyl sites for hydroxylation is 2. The van der Waals surface area contributed by atoms with E-state index in [0.29, 0.717) is 11.4 Å². The first-order valence-corrected chi connectivity index (χ1v) is 9.72. The smallest absolute Gasteiger partial charge is 0.261 e. The molecule has 0 fully saturated rings. The van der Waals surface area contributed by atoms with Crippen LogP contribution in [0.15, 0.2) is 82.7 Å². The Balaban J connectivity index is 1.87. The van der Waals surface area contributed by atoms with Crippen molar-refractivity contribution in [3.05, 3.63) is 89.5 Å². The Labute approximate surface area is 154 Å². The summed E-state index contributed by atoms with van der Waals surface area (Å²) in [6.45, 7) is 3.94. The van der Waals surface area contributed by atoms with Gasteiger partial charge >= 0.3 is 0 Å². The molecule has 132 valence electrons. The second kappa shape index (κ2) is 7.54. The lowest BCUT2D eigenvalue weighted by atomic mass is 10.2. The van der Waals surface area contributed by atoms with E-state index in [4.69, 9.17) is 0 Å². The lowest BCUT2D eigenvalue weighted by Crippen LogP contribution is -2.13. The number of anilines is 1. The van der Waals surface area contributed by atoms with Gasteiger partial charge in [0, 0.05) is 6.21 Å². The van der Waals surface area contributed by atoms with Crippen molar-refractivity contribution >= 4 is 27.6 Å². The van der Waals surface area contributed by atoms with Crippen molar-refractivity contribution in [3.63, 3.8) is 0 Å². The first kappa shape index (κ1) is 17.9. The largest absolute Gasteiger partial charge is 0.277 e. The van der Waals surface area contributed by atoms with Gasteiger partial charge in [0.15, 0.2) is 0 Å². The predicted octanol–water partition coefficient (Wildman–Crippen LogP) is 4.85. The highest BCUT2D eigenvalue weighted by atomic mass is 32.2. The van der Waals surface area contributed by atoms with E-state index >= 15 is 0 Å². The van der Waals surface area contributed by atoms with Crippen molar-refractivity contribution in [2.45, 2.75) is 18.7 Å². The predicted molar refractivity (Wildman–Crippen MR) is 107 cm³/mol. The average Bonchev–Trinajstić information content (AvgIpc) is 2.62. The van der Waals surface area contributed by atoms with Crippen molar-refractivity contribution in [1.82, 2.24) is 0 Å². The molecule has 0 aliphatic heterocycles. The lowest BCUT2D eigenvalue weighted by Gasteiger charge is -2.10. The molecule has 0 amide bonds. The second-order valence-electron chi connectivity index (χ2n) is 6.10. The zero-order valence-electron chi connectivity index (χ0n) is 14.7. The van der Waals surface area contributed by atoms with Gasteiger partial charge in [0.2, 0.25) is 0 Å². The van der Waals surface area contributed by atoms with Crippen LogP contribution in [0.1, 0.15) is 16.7 Å². The Bertz CT molecular complexity index is 1020. The molecule has 0 bridgehead atoms. The molecule has 3 aromatic carbocycles. The Kier molecular flexibility index (Phi) is 5.19. The zero-order chi connectivity index (χ0) is 18.6. The molecule has 5 heteroatoms. The minimum absolute atomic E-state index is 0.223. The molecular weight excluding hydrogens is 344 g/mol. The monoisotopic (exact) mass is 364 g/mol. The third kappa shape index (κ3) is 4.37. The molecule has 0 aliphatic rings. The van der Waals surface area contributed by atoms with Crippen molar-refractivity contribution < 1.29 is 8.42 Å². The number of benzene rings is 3. The molecule has 0 saturated carbocycles. The number of nitrogens with zero attached hydrogens (tertiary/aromatic N) is 1. The molecule has 3 rings (SSSR count). The highest BCUT2D eigenvalue weighted by Crippen LogP contribution is 2.27. The molecule has 0 heterocycles. The normalized spacial score (nSPS) is 11.6. The summed E-state index contributed by atoms with van der Waals surface area (Å²) < 4.78 is 27.9. The van der Waals surface area contributed by atoms with Crippen LogP contribution in [0.3, 0.4) is 0 Å². The molecule has 0 aromatic heterocycles. The maximum atomic E-state index is 12.6. The van der Waals surface area contributed by atoms with Gasteiger partial charge in [-0.1, -0.05) is 59.7 Å². The van der Waals surface area contributed by atoms with E-state index in [-0.39, 0.29) is 4.90 Å². The number of aliphatic imine (C=N–C) groups is 1.